The number of anilines is 1. The van der Waals surface area contributed by atoms with Gasteiger partial charge in [0, 0.05) is 16.5 Å². The van der Waals surface area contributed by atoms with Gasteiger partial charge in [-0.15, -0.1) is 22.0 Å². The number of aromatic nitrogens is 5. The molecule has 1 aliphatic heterocycles. The Labute approximate surface area is 155 Å². The number of fused-ring (bicyclic) bond motifs is 4. The molecule has 0 unspecified atom stereocenters. The molecule has 1 aromatic carbocycles. The average Bonchev–Trinajstić information content (AvgIpc) is 3.27. The zero-order chi connectivity index (χ0) is 18.5. The first-order valence-electron chi connectivity index (χ1n) is 8.06. The molecular weight excluding hydrogens is 366 g/mol. The zero-order valence-electron chi connectivity index (χ0n) is 13.8. The molecule has 3 aromatic heterocycles. The molecule has 27 heavy (non-hydrogen) atoms. The Morgan fingerprint density at radius 1 is 1.22 bits per heavy atom. The smallest absolute Gasteiger partial charge is 0.332 e. The van der Waals surface area contributed by atoms with Crippen molar-refractivity contribution in [3.8, 4) is 11.8 Å². The quantitative estimate of drug-likeness (QED) is 0.511. The van der Waals surface area contributed by atoms with E-state index < -0.39 is 0 Å². The van der Waals surface area contributed by atoms with Crippen molar-refractivity contribution in [2.24, 2.45) is 0 Å². The summed E-state index contributed by atoms with van der Waals surface area (Å²) in [7, 11) is 0. The number of hydrogen-bond acceptors (Lipinski definition) is 6. The number of rotatable bonds is 2. The van der Waals surface area contributed by atoms with Crippen LogP contribution >= 0.6 is 11.8 Å². The van der Waals surface area contributed by atoms with Gasteiger partial charge >= 0.3 is 5.69 Å². The van der Waals surface area contributed by atoms with Gasteiger partial charge in [0.05, 0.1) is 23.2 Å². The topological polar surface area (TPSA) is 123 Å². The van der Waals surface area contributed by atoms with Crippen LogP contribution in [0.1, 0.15) is 0 Å². The molecule has 1 aliphatic rings. The number of nitrogens with one attached hydrogen (secondary N) is 2. The molecule has 0 fully saturated rings. The number of aromatic amines is 2. The van der Waals surface area contributed by atoms with Gasteiger partial charge in [0.15, 0.2) is 11.3 Å². The molecule has 0 saturated heterocycles. The van der Waals surface area contributed by atoms with Gasteiger partial charge in [0.25, 0.3) is 0 Å². The Morgan fingerprint density at radius 2 is 2.07 bits per heavy atom. The first kappa shape index (κ1) is 15.7. The number of amides is 1. The third kappa shape index (κ3) is 2.25. The van der Waals surface area contributed by atoms with Crippen LogP contribution in [0.2, 0.25) is 0 Å². The van der Waals surface area contributed by atoms with E-state index in [9.17, 15) is 9.59 Å². The van der Waals surface area contributed by atoms with Gasteiger partial charge < -0.3 is 4.98 Å². The van der Waals surface area contributed by atoms with E-state index in [1.807, 2.05) is 24.3 Å². The van der Waals surface area contributed by atoms with Gasteiger partial charge in [-0.1, -0.05) is 0 Å². The van der Waals surface area contributed by atoms with Crippen LogP contribution in [0.4, 0.5) is 5.69 Å². The first-order valence-corrected chi connectivity index (χ1v) is 9.05. The SMILES string of the molecule is N#CCN1C(=O)CSc2ccc(-n3c(=O)[nH]c4nnc5[nH]ccc5c43)cc21. The summed E-state index contributed by atoms with van der Waals surface area (Å²) in [6.45, 7) is -0.0356. The molecule has 0 saturated carbocycles. The van der Waals surface area contributed by atoms with Crippen LogP contribution in [0.5, 0.6) is 0 Å². The van der Waals surface area contributed by atoms with Crippen molar-refractivity contribution in [1.82, 2.24) is 24.7 Å². The van der Waals surface area contributed by atoms with Crippen LogP contribution in [-0.4, -0.2) is 42.9 Å². The highest BCUT2D eigenvalue weighted by atomic mass is 32.2. The van der Waals surface area contributed by atoms with Gasteiger partial charge in [-0.05, 0) is 24.3 Å². The third-order valence-corrected chi connectivity index (χ3v) is 5.53. The highest BCUT2D eigenvalue weighted by Gasteiger charge is 2.25. The number of benzene rings is 1. The minimum atomic E-state index is -0.352. The van der Waals surface area contributed by atoms with E-state index in [2.05, 4.69) is 20.2 Å². The summed E-state index contributed by atoms with van der Waals surface area (Å²) in [6.07, 6.45) is 1.73. The van der Waals surface area contributed by atoms with Gasteiger partial charge in [-0.25, -0.2) is 4.79 Å². The second-order valence-corrected chi connectivity index (χ2v) is 7.00. The zero-order valence-corrected chi connectivity index (χ0v) is 14.6. The summed E-state index contributed by atoms with van der Waals surface area (Å²) in [5.41, 5.74) is 2.42. The molecule has 10 heteroatoms. The summed E-state index contributed by atoms with van der Waals surface area (Å²) in [4.78, 5) is 32.9. The number of imidazole rings is 1. The summed E-state index contributed by atoms with van der Waals surface area (Å²) in [6, 6.07) is 9.29. The maximum atomic E-state index is 12.6. The highest BCUT2D eigenvalue weighted by molar-refractivity contribution is 8.00. The third-order valence-electron chi connectivity index (χ3n) is 4.48. The molecule has 2 N–H and O–H groups in total. The number of hydrogen-bond donors (Lipinski definition) is 2. The van der Waals surface area contributed by atoms with Crippen molar-refractivity contribution in [1.29, 1.82) is 5.26 Å². The van der Waals surface area contributed by atoms with Crippen molar-refractivity contribution in [2.75, 3.05) is 17.2 Å². The van der Waals surface area contributed by atoms with Crippen molar-refractivity contribution in [3.63, 3.8) is 0 Å². The standard InChI is InChI=1S/C17H11N7O2S/c18-4-6-23-11-7-9(1-2-12(11)27-8-13(23)25)24-14-10-3-5-19-15(10)21-22-16(14)20-17(24)26/h1-3,5,7H,6,8H2,(H,19,21)(H,20,22,26). The number of carbonyl (C=O) groups excluding carboxylic acids is 1. The number of H-pyrrole nitrogens is 2. The van der Waals surface area contributed by atoms with Crippen LogP contribution in [0.25, 0.3) is 27.9 Å². The number of thioether (sulfide) groups is 1. The van der Waals surface area contributed by atoms with Crippen molar-refractivity contribution in [2.45, 2.75) is 4.90 Å². The molecular formula is C17H11N7O2S. The fraction of sp³-hybridized carbons (Fsp3) is 0.118. The first-order chi connectivity index (χ1) is 13.2. The van der Waals surface area contributed by atoms with E-state index in [1.54, 1.807) is 12.3 Å². The molecule has 0 atom stereocenters. The Hall–Kier alpha value is -3.58. The van der Waals surface area contributed by atoms with Crippen LogP contribution in [0, 0.1) is 11.3 Å². The Morgan fingerprint density at radius 3 is 2.93 bits per heavy atom. The molecule has 132 valence electrons. The maximum Gasteiger partial charge on any atom is 0.332 e. The molecule has 4 aromatic rings. The summed E-state index contributed by atoms with van der Waals surface area (Å²) < 4.78 is 1.51. The van der Waals surface area contributed by atoms with Crippen molar-refractivity contribution < 1.29 is 4.79 Å². The molecule has 9 nitrogen and oxygen atoms in total. The van der Waals surface area contributed by atoms with E-state index in [0.717, 1.165) is 10.3 Å². The fourth-order valence-electron chi connectivity index (χ4n) is 3.30. The normalized spacial score (nSPS) is 13.9. The lowest BCUT2D eigenvalue weighted by Crippen LogP contribution is -2.35. The summed E-state index contributed by atoms with van der Waals surface area (Å²) >= 11 is 1.42. The molecule has 4 heterocycles. The van der Waals surface area contributed by atoms with Gasteiger partial charge in [0.1, 0.15) is 12.1 Å². The van der Waals surface area contributed by atoms with E-state index >= 15 is 0 Å². The number of nitrogens with zero attached hydrogens (tertiary/aromatic N) is 5. The van der Waals surface area contributed by atoms with E-state index in [4.69, 9.17) is 5.26 Å². The Kier molecular flexibility index (Phi) is 3.32. The van der Waals surface area contributed by atoms with E-state index in [-0.39, 0.29) is 18.1 Å². The predicted octanol–water partition coefficient (Wildman–Crippen LogP) is 1.55. The highest BCUT2D eigenvalue weighted by Crippen LogP contribution is 2.37. The van der Waals surface area contributed by atoms with Crippen LogP contribution in [-0.2, 0) is 4.79 Å². The second kappa shape index (κ2) is 5.72. The number of carbonyl (C=O) groups is 1. The fourth-order valence-corrected chi connectivity index (χ4v) is 4.21. The van der Waals surface area contributed by atoms with Crippen LogP contribution in [0.3, 0.4) is 0 Å². The minimum absolute atomic E-state index is 0.0356. The molecule has 1 amide bonds. The summed E-state index contributed by atoms with van der Waals surface area (Å²) in [5, 5.41) is 17.9. The minimum Gasteiger partial charge on any atom is -0.345 e. The van der Waals surface area contributed by atoms with E-state index in [1.165, 1.54) is 21.2 Å². The summed E-state index contributed by atoms with van der Waals surface area (Å²) in [5.74, 6) is 0.164. The largest absolute Gasteiger partial charge is 0.345 e. The lowest BCUT2D eigenvalue weighted by molar-refractivity contribution is -0.116. The number of nitriles is 1. The van der Waals surface area contributed by atoms with Crippen molar-refractivity contribution in [3.05, 3.63) is 40.9 Å². The Bertz CT molecular complexity index is 1330. The van der Waals surface area contributed by atoms with Crippen molar-refractivity contribution >= 4 is 45.6 Å². The predicted molar refractivity (Wildman–Crippen MR) is 100 cm³/mol. The lowest BCUT2D eigenvalue weighted by atomic mass is 10.2. The molecule has 0 aliphatic carbocycles. The van der Waals surface area contributed by atoms with Gasteiger partial charge in [-0.2, -0.15) is 5.26 Å². The molecule has 0 radical (unpaired) electrons. The van der Waals surface area contributed by atoms with E-state index in [0.29, 0.717) is 33.9 Å². The lowest BCUT2D eigenvalue weighted by Gasteiger charge is -2.27. The molecule has 0 bridgehead atoms. The van der Waals surface area contributed by atoms with Crippen LogP contribution < -0.4 is 10.6 Å². The molecule has 0 spiro atoms. The van der Waals surface area contributed by atoms with Gasteiger partial charge in [0.2, 0.25) is 5.91 Å². The van der Waals surface area contributed by atoms with Gasteiger partial charge in [-0.3, -0.25) is 19.2 Å². The average molecular weight is 377 g/mol. The maximum absolute atomic E-state index is 12.6. The molecule has 5 rings (SSSR count). The monoisotopic (exact) mass is 377 g/mol. The second-order valence-electron chi connectivity index (χ2n) is 5.98. The van der Waals surface area contributed by atoms with Crippen LogP contribution in [0.15, 0.2) is 40.2 Å². The Balaban J connectivity index is 1.78.